The summed E-state index contributed by atoms with van der Waals surface area (Å²) < 4.78 is 5.06. The molecule has 0 saturated carbocycles. The first-order valence-corrected chi connectivity index (χ1v) is 5.44. The SMILES string of the molecule is CCCCCCC(C=CC#N)OC(C)=O. The first-order valence-electron chi connectivity index (χ1n) is 5.44. The quantitative estimate of drug-likeness (QED) is 0.368. The Bertz CT molecular complexity index is 240. The number of unbranched alkanes of at least 4 members (excludes halogenated alkanes) is 3. The molecule has 0 aliphatic carbocycles. The Morgan fingerprint density at radius 3 is 2.73 bits per heavy atom. The highest BCUT2D eigenvalue weighted by Crippen LogP contribution is 2.09. The minimum absolute atomic E-state index is 0.237. The summed E-state index contributed by atoms with van der Waals surface area (Å²) in [6.45, 7) is 3.54. The summed E-state index contributed by atoms with van der Waals surface area (Å²) in [5, 5.41) is 8.38. The maximum Gasteiger partial charge on any atom is 0.303 e. The van der Waals surface area contributed by atoms with E-state index in [2.05, 4.69) is 6.92 Å². The molecule has 0 aromatic carbocycles. The average molecular weight is 209 g/mol. The molecule has 0 saturated heterocycles. The number of nitrogens with zero attached hydrogens (tertiary/aromatic N) is 1. The van der Waals surface area contributed by atoms with E-state index in [0.717, 1.165) is 19.3 Å². The second-order valence-corrected chi connectivity index (χ2v) is 3.49. The predicted octanol–water partition coefficient (Wildman–Crippen LogP) is 2.97. The maximum absolute atomic E-state index is 10.8. The molecule has 0 rings (SSSR count). The van der Waals surface area contributed by atoms with Crippen molar-refractivity contribution < 1.29 is 9.53 Å². The number of ether oxygens (including phenoxy) is 1. The van der Waals surface area contributed by atoms with Crippen LogP contribution in [0.2, 0.25) is 0 Å². The van der Waals surface area contributed by atoms with E-state index in [-0.39, 0.29) is 12.1 Å². The van der Waals surface area contributed by atoms with Gasteiger partial charge in [0.15, 0.2) is 0 Å². The molecule has 1 atom stereocenters. The molecule has 15 heavy (non-hydrogen) atoms. The average Bonchev–Trinajstić information content (AvgIpc) is 2.19. The summed E-state index contributed by atoms with van der Waals surface area (Å²) in [6.07, 6.45) is 8.15. The topological polar surface area (TPSA) is 50.1 Å². The molecule has 3 heteroatoms. The van der Waals surface area contributed by atoms with E-state index in [0.29, 0.717) is 0 Å². The molecule has 84 valence electrons. The molecule has 0 fully saturated rings. The zero-order valence-corrected chi connectivity index (χ0v) is 9.53. The molecule has 0 aliphatic rings. The Labute approximate surface area is 91.7 Å². The van der Waals surface area contributed by atoms with Crippen molar-refractivity contribution in [3.8, 4) is 6.07 Å². The lowest BCUT2D eigenvalue weighted by Gasteiger charge is -2.12. The number of carbonyl (C=O) groups excluding carboxylic acids is 1. The van der Waals surface area contributed by atoms with Crippen molar-refractivity contribution in [2.45, 2.75) is 52.1 Å². The molecule has 0 aromatic rings. The summed E-state index contributed by atoms with van der Waals surface area (Å²) in [5.74, 6) is -0.293. The van der Waals surface area contributed by atoms with Crippen molar-refractivity contribution in [3.63, 3.8) is 0 Å². The van der Waals surface area contributed by atoms with Gasteiger partial charge in [-0.05, 0) is 18.9 Å². The van der Waals surface area contributed by atoms with Crippen LogP contribution in [0.3, 0.4) is 0 Å². The molecule has 0 bridgehead atoms. The molecule has 0 heterocycles. The summed E-state index contributed by atoms with van der Waals surface area (Å²) in [6, 6.07) is 1.90. The van der Waals surface area contributed by atoms with Crippen LogP contribution < -0.4 is 0 Å². The van der Waals surface area contributed by atoms with Crippen molar-refractivity contribution in [2.24, 2.45) is 0 Å². The fraction of sp³-hybridized carbons (Fsp3) is 0.667. The minimum atomic E-state index is -0.293. The largest absolute Gasteiger partial charge is 0.458 e. The molecular formula is C12H19NO2. The molecule has 3 nitrogen and oxygen atoms in total. The number of esters is 1. The van der Waals surface area contributed by atoms with E-state index in [1.165, 1.54) is 25.8 Å². The first kappa shape index (κ1) is 13.7. The number of nitriles is 1. The number of hydrogen-bond acceptors (Lipinski definition) is 3. The lowest BCUT2D eigenvalue weighted by Crippen LogP contribution is -2.13. The number of hydrogen-bond donors (Lipinski definition) is 0. The van der Waals surface area contributed by atoms with Crippen molar-refractivity contribution >= 4 is 5.97 Å². The van der Waals surface area contributed by atoms with Crippen LogP contribution in [-0.4, -0.2) is 12.1 Å². The van der Waals surface area contributed by atoms with Crippen LogP contribution in [0.15, 0.2) is 12.2 Å². The molecule has 0 amide bonds. The van der Waals surface area contributed by atoms with Gasteiger partial charge < -0.3 is 4.74 Å². The number of carbonyl (C=O) groups is 1. The Kier molecular flexibility index (Phi) is 8.46. The van der Waals surface area contributed by atoms with Crippen LogP contribution in [0.4, 0.5) is 0 Å². The Morgan fingerprint density at radius 2 is 2.20 bits per heavy atom. The van der Waals surface area contributed by atoms with Gasteiger partial charge in [-0.25, -0.2) is 0 Å². The molecule has 0 spiro atoms. The fourth-order valence-electron chi connectivity index (χ4n) is 1.33. The second kappa shape index (κ2) is 9.26. The smallest absolute Gasteiger partial charge is 0.303 e. The van der Waals surface area contributed by atoms with Crippen LogP contribution in [0.25, 0.3) is 0 Å². The van der Waals surface area contributed by atoms with Crippen molar-refractivity contribution in [1.82, 2.24) is 0 Å². The molecule has 0 aromatic heterocycles. The van der Waals surface area contributed by atoms with Crippen LogP contribution in [0.5, 0.6) is 0 Å². The zero-order valence-electron chi connectivity index (χ0n) is 9.53. The lowest BCUT2D eigenvalue weighted by molar-refractivity contribution is -0.144. The van der Waals surface area contributed by atoms with Gasteiger partial charge in [0.05, 0.1) is 6.07 Å². The van der Waals surface area contributed by atoms with Crippen LogP contribution >= 0.6 is 0 Å². The van der Waals surface area contributed by atoms with Crippen LogP contribution in [-0.2, 0) is 9.53 Å². The lowest BCUT2D eigenvalue weighted by atomic mass is 10.1. The summed E-state index contributed by atoms with van der Waals surface area (Å²) in [4.78, 5) is 10.8. The molecule has 0 radical (unpaired) electrons. The van der Waals surface area contributed by atoms with Gasteiger partial charge in [0, 0.05) is 13.0 Å². The molecule has 0 aliphatic heterocycles. The third kappa shape index (κ3) is 9.01. The number of allylic oxidation sites excluding steroid dienone is 1. The predicted molar refractivity (Wildman–Crippen MR) is 59.1 cm³/mol. The summed E-state index contributed by atoms with van der Waals surface area (Å²) in [7, 11) is 0. The van der Waals surface area contributed by atoms with E-state index in [1.54, 1.807) is 6.08 Å². The fourth-order valence-corrected chi connectivity index (χ4v) is 1.33. The Morgan fingerprint density at radius 1 is 1.47 bits per heavy atom. The van der Waals surface area contributed by atoms with E-state index >= 15 is 0 Å². The van der Waals surface area contributed by atoms with Crippen molar-refractivity contribution in [1.29, 1.82) is 5.26 Å². The van der Waals surface area contributed by atoms with E-state index < -0.39 is 0 Å². The molecule has 0 N–H and O–H groups in total. The van der Waals surface area contributed by atoms with Crippen molar-refractivity contribution in [2.75, 3.05) is 0 Å². The highest BCUT2D eigenvalue weighted by molar-refractivity contribution is 5.66. The van der Waals surface area contributed by atoms with Gasteiger partial charge in [-0.15, -0.1) is 0 Å². The maximum atomic E-state index is 10.8. The van der Waals surface area contributed by atoms with E-state index in [4.69, 9.17) is 10.00 Å². The van der Waals surface area contributed by atoms with E-state index in [1.807, 2.05) is 6.07 Å². The van der Waals surface area contributed by atoms with Gasteiger partial charge in [-0.2, -0.15) is 5.26 Å². The van der Waals surface area contributed by atoms with Crippen LogP contribution in [0.1, 0.15) is 46.0 Å². The van der Waals surface area contributed by atoms with Gasteiger partial charge in [-0.3, -0.25) is 4.79 Å². The zero-order chi connectivity index (χ0) is 11.5. The van der Waals surface area contributed by atoms with Crippen molar-refractivity contribution in [3.05, 3.63) is 12.2 Å². The first-order chi connectivity index (χ1) is 7.20. The Balaban J connectivity index is 3.86. The number of rotatable bonds is 7. The van der Waals surface area contributed by atoms with Gasteiger partial charge >= 0.3 is 5.97 Å². The Hall–Kier alpha value is -1.30. The van der Waals surface area contributed by atoms with Crippen LogP contribution in [0, 0.1) is 11.3 Å². The van der Waals surface area contributed by atoms with Gasteiger partial charge in [0.1, 0.15) is 6.10 Å². The summed E-state index contributed by atoms with van der Waals surface area (Å²) in [5.41, 5.74) is 0. The normalized spacial score (nSPS) is 12.3. The standard InChI is InChI=1S/C12H19NO2/c1-3-4-5-6-8-12(9-7-10-13)15-11(2)14/h7,9,12H,3-6,8H2,1-2H3. The third-order valence-electron chi connectivity index (χ3n) is 2.04. The van der Waals surface area contributed by atoms with Gasteiger partial charge in [-0.1, -0.05) is 26.2 Å². The molecule has 1 unspecified atom stereocenters. The second-order valence-electron chi connectivity index (χ2n) is 3.49. The summed E-state index contributed by atoms with van der Waals surface area (Å²) >= 11 is 0. The highest BCUT2D eigenvalue weighted by Gasteiger charge is 2.07. The highest BCUT2D eigenvalue weighted by atomic mass is 16.5. The third-order valence-corrected chi connectivity index (χ3v) is 2.04. The van der Waals surface area contributed by atoms with E-state index in [9.17, 15) is 4.79 Å². The van der Waals surface area contributed by atoms with Gasteiger partial charge in [0.2, 0.25) is 0 Å². The minimum Gasteiger partial charge on any atom is -0.458 e. The van der Waals surface area contributed by atoms with Gasteiger partial charge in [0.25, 0.3) is 0 Å². The molecular weight excluding hydrogens is 190 g/mol. The monoisotopic (exact) mass is 209 g/mol.